The number of carbonyl (C=O) groups excluding carboxylic acids is 12. The predicted octanol–water partition coefficient (Wildman–Crippen LogP) is 7.17. The number of rotatable bonds is 41. The Bertz CT molecular complexity index is 3030. The number of Topliss-reactive ketones (excluding diaryl/α,β-unsaturated/α-hetero) is 3. The van der Waals surface area contributed by atoms with Gasteiger partial charge in [-0.25, -0.2) is 14.0 Å². The molecule has 12 atom stereocenters. The van der Waals surface area contributed by atoms with Crippen molar-refractivity contribution in [2.45, 2.75) is 195 Å². The van der Waals surface area contributed by atoms with E-state index in [0.717, 1.165) is 4.90 Å². The number of carbonyl (C=O) groups is 12. The number of likely N-dealkylation sites (N-methyl/N-ethyl adjacent to an activating group) is 2. The van der Waals surface area contributed by atoms with Gasteiger partial charge in [-0.15, -0.1) is 0 Å². The summed E-state index contributed by atoms with van der Waals surface area (Å²) in [7, 11) is 7.56. The quantitative estimate of drug-likeness (QED) is 0.0250. The van der Waals surface area contributed by atoms with Crippen LogP contribution in [0, 0.1) is 47.2 Å². The lowest BCUT2D eigenvalue weighted by Crippen LogP contribution is -2.55. The average molecular weight is 1360 g/mol. The lowest BCUT2D eigenvalue weighted by molar-refractivity contribution is -0.149. The third-order valence-electron chi connectivity index (χ3n) is 18.6. The molecule has 0 radical (unpaired) electrons. The zero-order chi connectivity index (χ0) is 72.5. The van der Waals surface area contributed by atoms with Gasteiger partial charge in [0.15, 0.2) is 17.3 Å². The van der Waals surface area contributed by atoms with Crippen LogP contribution in [-0.4, -0.2) is 194 Å². The molecule has 26 heteroatoms. The van der Waals surface area contributed by atoms with E-state index in [9.17, 15) is 61.9 Å². The molecule has 0 spiro atoms. The minimum absolute atomic E-state index is 0.109. The molecule has 10 amide bonds. The highest BCUT2D eigenvalue weighted by Gasteiger charge is 2.46. The Kier molecular flexibility index (Phi) is 33.1. The predicted molar refractivity (Wildman–Crippen MR) is 361 cm³/mol. The minimum atomic E-state index is -0.999. The Morgan fingerprint density at radius 3 is 1.92 bits per heavy atom. The molecule has 25 nitrogen and oxygen atoms in total. The van der Waals surface area contributed by atoms with E-state index in [1.807, 2.05) is 27.7 Å². The van der Waals surface area contributed by atoms with Crippen LogP contribution >= 0.6 is 0 Å². The molecule has 538 valence electrons. The Hall–Kier alpha value is -7.97. The molecule has 1 fully saturated rings. The van der Waals surface area contributed by atoms with Gasteiger partial charge >= 0.3 is 12.1 Å². The number of hydrogen-bond acceptors (Lipinski definition) is 16. The van der Waals surface area contributed by atoms with Gasteiger partial charge in [-0.05, 0) is 105 Å². The Labute approximate surface area is 570 Å². The van der Waals surface area contributed by atoms with E-state index in [4.69, 9.17) is 24.7 Å². The first kappa shape index (κ1) is 81.5. The minimum Gasteiger partial charge on any atom is -0.445 e. The van der Waals surface area contributed by atoms with Gasteiger partial charge in [0.1, 0.15) is 12.4 Å². The molecule has 2 heterocycles. The van der Waals surface area contributed by atoms with Crippen molar-refractivity contribution in [2.24, 2.45) is 47.2 Å². The molecule has 0 bridgehead atoms. The number of likely N-dealkylation sites (tertiary alicyclic amines) is 1. The summed E-state index contributed by atoms with van der Waals surface area (Å²) in [6, 6.07) is 6.62. The second kappa shape index (κ2) is 39.4. The summed E-state index contributed by atoms with van der Waals surface area (Å²) < 4.78 is 37.1. The highest BCUT2D eigenvalue weighted by molar-refractivity contribution is 6.13. The van der Waals surface area contributed by atoms with Gasteiger partial charge in [-0.2, -0.15) is 0 Å². The zero-order valence-electron chi connectivity index (χ0n) is 59.3. The number of nitrogens with zero attached hydrogens (tertiary/aromatic N) is 4. The molecular formula is C71H106FN9O16. The van der Waals surface area contributed by atoms with Crippen LogP contribution in [0.4, 0.5) is 19.7 Å². The van der Waals surface area contributed by atoms with Crippen LogP contribution in [0.2, 0.25) is 0 Å². The number of halogens is 1. The molecule has 0 unspecified atom stereocenters. The van der Waals surface area contributed by atoms with Crippen LogP contribution in [0.3, 0.4) is 0 Å². The van der Waals surface area contributed by atoms with Crippen molar-refractivity contribution >= 4 is 76.5 Å². The third-order valence-corrected chi connectivity index (χ3v) is 18.6. The number of unbranched alkanes of at least 4 members (excludes halogenated alkanes) is 2. The summed E-state index contributed by atoms with van der Waals surface area (Å²) in [5.41, 5.74) is 6.40. The van der Waals surface area contributed by atoms with Crippen LogP contribution in [0.25, 0.3) is 0 Å². The van der Waals surface area contributed by atoms with E-state index in [-0.39, 0.29) is 123 Å². The van der Waals surface area contributed by atoms with Gasteiger partial charge in [0.2, 0.25) is 29.5 Å². The fourth-order valence-corrected chi connectivity index (χ4v) is 12.8. The van der Waals surface area contributed by atoms with Gasteiger partial charge in [0.05, 0.1) is 60.9 Å². The van der Waals surface area contributed by atoms with E-state index in [1.54, 1.807) is 75.7 Å². The van der Waals surface area contributed by atoms with Crippen LogP contribution in [0.1, 0.15) is 156 Å². The van der Waals surface area contributed by atoms with E-state index in [2.05, 4.69) is 21.3 Å². The molecule has 0 saturated carbocycles. The summed E-state index contributed by atoms with van der Waals surface area (Å²) in [6.45, 7) is 18.3. The lowest BCUT2D eigenvalue weighted by atomic mass is 9.83. The molecule has 0 aromatic heterocycles. The number of methoxy groups -OCH3 is 3. The zero-order valence-corrected chi connectivity index (χ0v) is 59.3. The average Bonchev–Trinajstić information content (AvgIpc) is 1.79. The Balaban J connectivity index is 1.40. The van der Waals surface area contributed by atoms with E-state index < -0.39 is 108 Å². The molecule has 97 heavy (non-hydrogen) atoms. The van der Waals surface area contributed by atoms with Crippen molar-refractivity contribution in [1.29, 1.82) is 0 Å². The van der Waals surface area contributed by atoms with E-state index >= 15 is 0 Å². The Morgan fingerprint density at radius 1 is 0.722 bits per heavy atom. The van der Waals surface area contributed by atoms with Crippen molar-refractivity contribution in [3.8, 4) is 0 Å². The normalized spacial score (nSPS) is 17.7. The van der Waals surface area contributed by atoms with Crippen molar-refractivity contribution in [1.82, 2.24) is 35.6 Å². The van der Waals surface area contributed by atoms with Gasteiger partial charge in [-0.3, -0.25) is 52.8 Å². The smallest absolute Gasteiger partial charge is 0.410 e. The maximum absolute atomic E-state index is 14.9. The highest BCUT2D eigenvalue weighted by atomic mass is 19.1. The van der Waals surface area contributed by atoms with Gasteiger partial charge in [0.25, 0.3) is 11.8 Å². The summed E-state index contributed by atoms with van der Waals surface area (Å²) in [5.74, 6) is -8.24. The molecule has 4 rings (SSSR count). The van der Waals surface area contributed by atoms with Crippen LogP contribution < -0.4 is 27.0 Å². The van der Waals surface area contributed by atoms with Crippen LogP contribution in [0.15, 0.2) is 60.7 Å². The maximum atomic E-state index is 14.9. The number of amides is 10. The Morgan fingerprint density at radius 2 is 1.36 bits per heavy atom. The number of ketones is 3. The molecule has 1 saturated heterocycles. The molecule has 2 aromatic carbocycles. The number of primary amides is 1. The monoisotopic (exact) mass is 1360 g/mol. The first-order chi connectivity index (χ1) is 45.8. The highest BCUT2D eigenvalue weighted by Crippen LogP contribution is 2.33. The van der Waals surface area contributed by atoms with Crippen LogP contribution in [-0.2, 0) is 68.7 Å². The number of urea groups is 1. The summed E-state index contributed by atoms with van der Waals surface area (Å²) in [5, 5.41) is 10.9. The number of nitrogens with one attached hydrogen (secondary N) is 4. The van der Waals surface area contributed by atoms with E-state index in [1.165, 1.54) is 76.6 Å². The number of anilines is 1. The molecular weight excluding hydrogens is 1250 g/mol. The second-order valence-corrected chi connectivity index (χ2v) is 26.7. The number of hydrogen-bond donors (Lipinski definition) is 5. The van der Waals surface area contributed by atoms with Crippen molar-refractivity contribution in [3.63, 3.8) is 0 Å². The van der Waals surface area contributed by atoms with Crippen molar-refractivity contribution in [2.75, 3.05) is 60.4 Å². The second-order valence-electron chi connectivity index (χ2n) is 26.7. The number of benzene rings is 2. The van der Waals surface area contributed by atoms with Crippen molar-refractivity contribution < 1.29 is 80.9 Å². The SMILES string of the molecule is CC[C@H](C)[C@@H]([C@@H](CC(=O)N1C[C@H](OC)C[C@H]1[C@H](OC)[C@@H](C)C(=O)N[C@@H](C)C(=O)c1ccc(F)cc1)OC)N(C)C(=O)[C@@H](CC(=O)[C@H](C(C)C)N(C)C(=O)OCc1ccc(NC(=O)[C@H](CCCNC(N)=O)CC(=O)[C@@H](NC(=O)CCCCCN2C(=O)C=CC2=O)C(C)C)cc1)C(C)C. The first-order valence-corrected chi connectivity index (χ1v) is 33.8. The molecule has 6 N–H and O–H groups in total. The fourth-order valence-electron chi connectivity index (χ4n) is 12.8. The topological polar surface area (TPSA) is 329 Å². The third kappa shape index (κ3) is 23.9. The first-order valence-electron chi connectivity index (χ1n) is 33.8. The fraction of sp³-hybridized carbons (Fsp3) is 0.634. The summed E-state index contributed by atoms with van der Waals surface area (Å²) >= 11 is 0. The molecule has 2 aliphatic rings. The maximum Gasteiger partial charge on any atom is 0.410 e. The number of ether oxygens (including phenoxy) is 4. The van der Waals surface area contributed by atoms with Gasteiger partial charge < -0.3 is 60.6 Å². The largest absolute Gasteiger partial charge is 0.445 e. The van der Waals surface area contributed by atoms with Crippen LogP contribution in [0.5, 0.6) is 0 Å². The summed E-state index contributed by atoms with van der Waals surface area (Å²) in [6.07, 6.45) is 2.04. The van der Waals surface area contributed by atoms with Crippen molar-refractivity contribution in [3.05, 3.63) is 77.6 Å². The van der Waals surface area contributed by atoms with E-state index in [0.29, 0.717) is 49.8 Å². The molecule has 0 aliphatic carbocycles. The molecule has 2 aromatic rings. The number of nitrogens with two attached hydrogens (primary N) is 1. The number of imide groups is 1. The molecule has 2 aliphatic heterocycles. The standard InChI is InChI=1S/C71H106FN9O16/c1-16-44(8)64(57(95-14)38-61(87)81-39-52(94-13)36-54(81)66(96-15)45(9)67(89)75-46(10)65(88)48-25-27-50(72)28-26-48)78(11)69(91)53(41(2)3)37-56(83)63(43(6)7)79(12)71(93)97-40-47-23-29-51(30-24-47)76-68(90)49(21-20-33-74-70(73)92)35-55(82)62(42(4)5)77-58(84)22-18-17-19-34-80-59(85)31-32-60(80)86/h23-32,41-46,49,52-54,57,62-64,66H,16-22,33-40H2,1-15H3,(H,75,89)(H,76,90)(H,77,84)(H3,73,74,92)/t44-,45+,46-,49+,52+,53-,54-,57+,62-,63-,64-,66+/m0/s1. The van der Waals surface area contributed by atoms with Gasteiger partial charge in [0, 0.05) is 110 Å². The lowest BCUT2D eigenvalue weighted by Gasteiger charge is -2.41. The summed E-state index contributed by atoms with van der Waals surface area (Å²) in [4.78, 5) is 166. The van der Waals surface area contributed by atoms with Gasteiger partial charge in [-0.1, -0.05) is 87.3 Å².